The molecule has 0 saturated heterocycles. The fraction of sp³-hybridized carbons (Fsp3) is 0.355. The van der Waals surface area contributed by atoms with Crippen LogP contribution in [0.15, 0.2) is 60.7 Å². The molecule has 40 heavy (non-hydrogen) atoms. The average molecular weight is 557 g/mol. The summed E-state index contributed by atoms with van der Waals surface area (Å²) < 4.78 is 51.7. The second-order valence-electron chi connectivity index (χ2n) is 9.48. The van der Waals surface area contributed by atoms with Gasteiger partial charge < -0.3 is 19.7 Å². The number of aryl methyl sites for hydroxylation is 1. The highest BCUT2D eigenvalue weighted by atomic mass is 19.4. The topological polar surface area (TPSA) is 67.9 Å². The lowest BCUT2D eigenvalue weighted by Crippen LogP contribution is -2.40. The SMILES string of the molecule is CCOC(=O)Cc1ccc(OC)c(-c2ccc(C(F)(F)F)cc2CN(CC)C(=O)N[C@H](C)c2ccc(C)cc2)c1. The Morgan fingerprint density at radius 1 is 0.975 bits per heavy atom. The molecule has 1 N–H and O–H groups in total. The quantitative estimate of drug-likeness (QED) is 0.271. The number of benzene rings is 3. The van der Waals surface area contributed by atoms with Crippen molar-refractivity contribution in [3.8, 4) is 16.9 Å². The van der Waals surface area contributed by atoms with Gasteiger partial charge in [0.2, 0.25) is 0 Å². The number of amides is 2. The molecule has 0 spiro atoms. The minimum Gasteiger partial charge on any atom is -0.496 e. The van der Waals surface area contributed by atoms with Gasteiger partial charge in [-0.2, -0.15) is 13.2 Å². The molecule has 0 fully saturated rings. The molecule has 1 atom stereocenters. The molecular weight excluding hydrogens is 521 g/mol. The van der Waals surface area contributed by atoms with Gasteiger partial charge in [-0.05, 0) is 74.2 Å². The molecule has 6 nitrogen and oxygen atoms in total. The number of ether oxygens (including phenoxy) is 2. The van der Waals surface area contributed by atoms with E-state index in [1.165, 1.54) is 18.1 Å². The Morgan fingerprint density at radius 2 is 1.68 bits per heavy atom. The molecule has 0 unspecified atom stereocenters. The summed E-state index contributed by atoms with van der Waals surface area (Å²) in [6, 6.07) is 15.6. The van der Waals surface area contributed by atoms with E-state index in [0.29, 0.717) is 28.0 Å². The molecule has 214 valence electrons. The average Bonchev–Trinajstić information content (AvgIpc) is 2.91. The number of methoxy groups -OCH3 is 1. The standard InChI is InChI=1S/C31H35F3N2O4/c1-6-36(30(38)35-21(4)23-11-8-20(3)9-12-23)19-24-18-25(31(32,33)34)13-14-26(24)27-16-22(10-15-28(27)39-5)17-29(37)40-7-2/h8-16,18,21H,6-7,17,19H2,1-5H3,(H,35,38)/t21-/m1/s1. The van der Waals surface area contributed by atoms with Gasteiger partial charge in [-0.1, -0.05) is 42.0 Å². The monoisotopic (exact) mass is 556 g/mol. The van der Waals surface area contributed by atoms with Crippen molar-refractivity contribution in [2.45, 2.75) is 52.9 Å². The highest BCUT2D eigenvalue weighted by Crippen LogP contribution is 2.38. The van der Waals surface area contributed by atoms with Crippen LogP contribution in [-0.2, 0) is 28.7 Å². The predicted molar refractivity (Wildman–Crippen MR) is 148 cm³/mol. The number of nitrogens with zero attached hydrogens (tertiary/aromatic N) is 1. The van der Waals surface area contributed by atoms with Crippen LogP contribution < -0.4 is 10.1 Å². The smallest absolute Gasteiger partial charge is 0.416 e. The highest BCUT2D eigenvalue weighted by molar-refractivity contribution is 5.79. The first-order valence-corrected chi connectivity index (χ1v) is 13.1. The minimum atomic E-state index is -4.57. The highest BCUT2D eigenvalue weighted by Gasteiger charge is 2.32. The molecule has 3 rings (SSSR count). The molecule has 2 amide bonds. The lowest BCUT2D eigenvalue weighted by Gasteiger charge is -2.26. The van der Waals surface area contributed by atoms with Gasteiger partial charge in [0.15, 0.2) is 0 Å². The van der Waals surface area contributed by atoms with E-state index in [-0.39, 0.29) is 32.2 Å². The van der Waals surface area contributed by atoms with Gasteiger partial charge in [-0.25, -0.2) is 4.79 Å². The zero-order valence-electron chi connectivity index (χ0n) is 23.4. The number of carbonyl (C=O) groups is 2. The Kier molecular flexibility index (Phi) is 10.2. The Hall–Kier alpha value is -4.01. The van der Waals surface area contributed by atoms with Crippen LogP contribution in [0.2, 0.25) is 0 Å². The third-order valence-corrected chi connectivity index (χ3v) is 6.59. The summed E-state index contributed by atoms with van der Waals surface area (Å²) in [5, 5.41) is 2.94. The van der Waals surface area contributed by atoms with E-state index in [4.69, 9.17) is 9.47 Å². The van der Waals surface area contributed by atoms with E-state index < -0.39 is 23.7 Å². The van der Waals surface area contributed by atoms with Crippen molar-refractivity contribution < 1.29 is 32.2 Å². The summed E-state index contributed by atoms with van der Waals surface area (Å²) >= 11 is 0. The van der Waals surface area contributed by atoms with Crippen molar-refractivity contribution in [1.82, 2.24) is 10.2 Å². The number of esters is 1. The third-order valence-electron chi connectivity index (χ3n) is 6.59. The molecule has 0 aliphatic rings. The van der Waals surface area contributed by atoms with Gasteiger partial charge in [0, 0.05) is 18.7 Å². The summed E-state index contributed by atoms with van der Waals surface area (Å²) in [5.41, 5.74) is 3.08. The Bertz CT molecular complexity index is 1320. The summed E-state index contributed by atoms with van der Waals surface area (Å²) in [5.74, 6) is 0.0110. The summed E-state index contributed by atoms with van der Waals surface area (Å²) in [7, 11) is 1.46. The van der Waals surface area contributed by atoms with Crippen LogP contribution in [0.3, 0.4) is 0 Å². The third kappa shape index (κ3) is 7.77. The van der Waals surface area contributed by atoms with E-state index in [9.17, 15) is 22.8 Å². The molecule has 0 aliphatic heterocycles. The molecule has 0 aliphatic carbocycles. The molecule has 3 aromatic rings. The maximum absolute atomic E-state index is 13.7. The second kappa shape index (κ2) is 13.4. The normalized spacial score (nSPS) is 12.0. The summed E-state index contributed by atoms with van der Waals surface area (Å²) in [6.07, 6.45) is -4.57. The number of hydrogen-bond acceptors (Lipinski definition) is 4. The lowest BCUT2D eigenvalue weighted by molar-refractivity contribution is -0.142. The van der Waals surface area contributed by atoms with Crippen molar-refractivity contribution in [3.63, 3.8) is 0 Å². The first-order valence-electron chi connectivity index (χ1n) is 13.1. The molecule has 0 radical (unpaired) electrons. The molecule has 0 saturated carbocycles. The van der Waals surface area contributed by atoms with Crippen molar-refractivity contribution in [3.05, 3.63) is 88.5 Å². The fourth-order valence-corrected chi connectivity index (χ4v) is 4.37. The molecule has 0 heterocycles. The second-order valence-corrected chi connectivity index (χ2v) is 9.48. The van der Waals surface area contributed by atoms with Gasteiger partial charge >= 0.3 is 18.2 Å². The van der Waals surface area contributed by atoms with Crippen LogP contribution in [0.5, 0.6) is 5.75 Å². The van der Waals surface area contributed by atoms with E-state index in [0.717, 1.165) is 23.3 Å². The largest absolute Gasteiger partial charge is 0.496 e. The van der Waals surface area contributed by atoms with Gasteiger partial charge in [0.05, 0.1) is 31.7 Å². The zero-order valence-corrected chi connectivity index (χ0v) is 23.4. The van der Waals surface area contributed by atoms with E-state index in [2.05, 4.69) is 5.32 Å². The van der Waals surface area contributed by atoms with Crippen LogP contribution in [-0.4, -0.2) is 37.2 Å². The van der Waals surface area contributed by atoms with Gasteiger partial charge in [-0.15, -0.1) is 0 Å². The Labute approximate surface area is 233 Å². The van der Waals surface area contributed by atoms with Gasteiger partial charge in [-0.3, -0.25) is 4.79 Å². The van der Waals surface area contributed by atoms with Crippen molar-refractivity contribution >= 4 is 12.0 Å². The molecule has 9 heteroatoms. The number of nitrogens with one attached hydrogen (secondary N) is 1. The van der Waals surface area contributed by atoms with E-state index in [1.807, 2.05) is 38.1 Å². The van der Waals surface area contributed by atoms with Crippen LogP contribution in [0.1, 0.15) is 54.6 Å². The van der Waals surface area contributed by atoms with Crippen LogP contribution in [0, 0.1) is 6.92 Å². The van der Waals surface area contributed by atoms with E-state index in [1.54, 1.807) is 32.0 Å². The Morgan fingerprint density at radius 3 is 2.27 bits per heavy atom. The number of halogens is 3. The number of rotatable bonds is 10. The van der Waals surface area contributed by atoms with Gasteiger partial charge in [0.25, 0.3) is 0 Å². The van der Waals surface area contributed by atoms with Crippen molar-refractivity contribution in [2.24, 2.45) is 0 Å². The predicted octanol–water partition coefficient (Wildman–Crippen LogP) is 7.09. The molecule has 0 aromatic heterocycles. The molecule has 0 bridgehead atoms. The number of alkyl halides is 3. The van der Waals surface area contributed by atoms with Crippen LogP contribution >= 0.6 is 0 Å². The zero-order chi connectivity index (χ0) is 29.4. The molecule has 3 aromatic carbocycles. The Balaban J connectivity index is 1.99. The summed E-state index contributed by atoms with van der Waals surface area (Å²) in [6.45, 7) is 7.73. The fourth-order valence-electron chi connectivity index (χ4n) is 4.37. The maximum Gasteiger partial charge on any atom is 0.416 e. The minimum absolute atomic E-state index is 0.00118. The van der Waals surface area contributed by atoms with Crippen molar-refractivity contribution in [1.29, 1.82) is 0 Å². The molecular formula is C31H35F3N2O4. The van der Waals surface area contributed by atoms with E-state index >= 15 is 0 Å². The van der Waals surface area contributed by atoms with Crippen LogP contribution in [0.4, 0.5) is 18.0 Å². The number of hydrogen-bond donors (Lipinski definition) is 1. The van der Waals surface area contributed by atoms with Crippen LogP contribution in [0.25, 0.3) is 11.1 Å². The summed E-state index contributed by atoms with van der Waals surface area (Å²) in [4.78, 5) is 26.8. The lowest BCUT2D eigenvalue weighted by atomic mass is 9.94. The maximum atomic E-state index is 13.7. The first kappa shape index (κ1) is 30.5. The van der Waals surface area contributed by atoms with Gasteiger partial charge in [0.1, 0.15) is 5.75 Å². The first-order chi connectivity index (χ1) is 19.0. The number of urea groups is 1. The van der Waals surface area contributed by atoms with Crippen molar-refractivity contribution in [2.75, 3.05) is 20.3 Å². The number of carbonyl (C=O) groups excluding carboxylic acids is 2.